The fourth-order valence-corrected chi connectivity index (χ4v) is 2.56. The van der Waals surface area contributed by atoms with Crippen molar-refractivity contribution >= 4 is 6.09 Å². The molecule has 2 fully saturated rings. The minimum Gasteiger partial charge on any atom is -0.444 e. The Hall–Kier alpha value is -0.810. The molecule has 1 saturated heterocycles. The molecular weight excluding hydrogens is 256 g/mol. The minimum absolute atomic E-state index is 0.177. The molecule has 2 rings (SSSR count). The molecule has 1 saturated carbocycles. The largest absolute Gasteiger partial charge is 0.444 e. The van der Waals surface area contributed by atoms with E-state index in [4.69, 9.17) is 9.47 Å². The predicted molar refractivity (Wildman–Crippen MR) is 77.8 cm³/mol. The van der Waals surface area contributed by atoms with E-state index in [2.05, 4.69) is 4.90 Å². The van der Waals surface area contributed by atoms with E-state index in [1.807, 2.05) is 20.8 Å². The Morgan fingerprint density at radius 3 is 2.45 bits per heavy atom. The van der Waals surface area contributed by atoms with Gasteiger partial charge in [-0.2, -0.15) is 0 Å². The number of ether oxygens (including phenoxy) is 2. The smallest absolute Gasteiger partial charge is 0.410 e. The van der Waals surface area contributed by atoms with Gasteiger partial charge >= 0.3 is 6.09 Å². The lowest BCUT2D eigenvalue weighted by Gasteiger charge is -2.42. The van der Waals surface area contributed by atoms with Crippen LogP contribution in [0.5, 0.6) is 0 Å². The van der Waals surface area contributed by atoms with Gasteiger partial charge in [-0.05, 0) is 33.6 Å². The summed E-state index contributed by atoms with van der Waals surface area (Å²) in [5.74, 6) is 0.583. The second kappa shape index (κ2) is 6.31. The van der Waals surface area contributed by atoms with Crippen molar-refractivity contribution in [3.05, 3.63) is 0 Å². The molecule has 116 valence electrons. The fourth-order valence-electron chi connectivity index (χ4n) is 2.56. The number of hydrogen-bond acceptors (Lipinski definition) is 4. The van der Waals surface area contributed by atoms with Gasteiger partial charge in [0.1, 0.15) is 5.60 Å². The standard InChI is InChI=1S/C15H28N2O3/c1-15(2,3)20-14(18)17-10-12(11-17)9-16(7-8-19-4)13-5-6-13/h12-13H,5-11H2,1-4H3. The summed E-state index contributed by atoms with van der Waals surface area (Å²) in [6.45, 7) is 10.2. The zero-order chi connectivity index (χ0) is 14.8. The molecule has 0 bridgehead atoms. The fraction of sp³-hybridized carbons (Fsp3) is 0.933. The first kappa shape index (κ1) is 15.6. The van der Waals surface area contributed by atoms with Gasteiger partial charge in [-0.15, -0.1) is 0 Å². The van der Waals surface area contributed by atoms with Crippen LogP contribution < -0.4 is 0 Å². The van der Waals surface area contributed by atoms with Gasteiger partial charge in [0.05, 0.1) is 6.61 Å². The Bertz CT molecular complexity index is 331. The second-order valence-corrected chi connectivity index (χ2v) is 6.97. The second-order valence-electron chi connectivity index (χ2n) is 6.97. The van der Waals surface area contributed by atoms with E-state index < -0.39 is 5.60 Å². The number of methoxy groups -OCH3 is 1. The summed E-state index contributed by atoms with van der Waals surface area (Å²) in [4.78, 5) is 16.2. The molecule has 1 aliphatic heterocycles. The van der Waals surface area contributed by atoms with Crippen LogP contribution in [0, 0.1) is 5.92 Å². The van der Waals surface area contributed by atoms with E-state index in [9.17, 15) is 4.79 Å². The molecule has 1 aliphatic carbocycles. The van der Waals surface area contributed by atoms with E-state index in [0.717, 1.165) is 38.8 Å². The Labute approximate surface area is 122 Å². The van der Waals surface area contributed by atoms with E-state index in [-0.39, 0.29) is 6.09 Å². The summed E-state index contributed by atoms with van der Waals surface area (Å²) < 4.78 is 10.5. The quantitative estimate of drug-likeness (QED) is 0.748. The van der Waals surface area contributed by atoms with Crippen molar-refractivity contribution in [2.24, 2.45) is 5.92 Å². The number of rotatable bonds is 6. The van der Waals surface area contributed by atoms with Gasteiger partial charge in [0.2, 0.25) is 0 Å². The van der Waals surface area contributed by atoms with E-state index >= 15 is 0 Å². The Kier molecular flexibility index (Phi) is 4.91. The molecule has 5 heteroatoms. The van der Waals surface area contributed by atoms with Gasteiger partial charge in [-0.3, -0.25) is 4.90 Å². The minimum atomic E-state index is -0.402. The van der Waals surface area contributed by atoms with E-state index in [1.54, 1.807) is 12.0 Å². The molecular formula is C15H28N2O3. The first-order valence-electron chi connectivity index (χ1n) is 7.60. The van der Waals surface area contributed by atoms with Crippen LogP contribution in [0.2, 0.25) is 0 Å². The molecule has 20 heavy (non-hydrogen) atoms. The van der Waals surface area contributed by atoms with Crippen LogP contribution in [-0.4, -0.2) is 67.4 Å². The van der Waals surface area contributed by atoms with Crippen LogP contribution >= 0.6 is 0 Å². The van der Waals surface area contributed by atoms with Gasteiger partial charge in [0.15, 0.2) is 0 Å². The first-order chi connectivity index (χ1) is 9.39. The topological polar surface area (TPSA) is 42.0 Å². The van der Waals surface area contributed by atoms with Crippen molar-refractivity contribution in [1.29, 1.82) is 0 Å². The Balaban J connectivity index is 1.68. The number of likely N-dealkylation sites (tertiary alicyclic amines) is 1. The molecule has 0 aromatic carbocycles. The first-order valence-corrected chi connectivity index (χ1v) is 7.60. The molecule has 0 N–H and O–H groups in total. The Morgan fingerprint density at radius 2 is 1.95 bits per heavy atom. The van der Waals surface area contributed by atoms with Crippen LogP contribution in [-0.2, 0) is 9.47 Å². The van der Waals surface area contributed by atoms with Crippen LogP contribution in [0.3, 0.4) is 0 Å². The zero-order valence-corrected chi connectivity index (χ0v) is 13.2. The molecule has 5 nitrogen and oxygen atoms in total. The maximum Gasteiger partial charge on any atom is 0.410 e. The molecule has 0 unspecified atom stereocenters. The van der Waals surface area contributed by atoms with Crippen LogP contribution in [0.15, 0.2) is 0 Å². The highest BCUT2D eigenvalue weighted by molar-refractivity contribution is 5.69. The molecule has 1 amide bonds. The van der Waals surface area contributed by atoms with Gasteiger partial charge in [-0.25, -0.2) is 4.79 Å². The van der Waals surface area contributed by atoms with Crippen LogP contribution in [0.1, 0.15) is 33.6 Å². The van der Waals surface area contributed by atoms with Gasteiger partial charge in [0.25, 0.3) is 0 Å². The van der Waals surface area contributed by atoms with Crippen molar-refractivity contribution < 1.29 is 14.3 Å². The molecule has 2 aliphatic rings. The van der Waals surface area contributed by atoms with Crippen molar-refractivity contribution in [2.75, 3.05) is 39.9 Å². The maximum atomic E-state index is 11.9. The summed E-state index contributed by atoms with van der Waals surface area (Å²) >= 11 is 0. The lowest BCUT2D eigenvalue weighted by molar-refractivity contribution is -0.00796. The highest BCUT2D eigenvalue weighted by Gasteiger charge is 2.37. The van der Waals surface area contributed by atoms with Gasteiger partial charge in [-0.1, -0.05) is 0 Å². The summed E-state index contributed by atoms with van der Waals surface area (Å²) in [5, 5.41) is 0. The number of nitrogens with zero attached hydrogens (tertiary/aromatic N) is 2. The monoisotopic (exact) mass is 284 g/mol. The zero-order valence-electron chi connectivity index (χ0n) is 13.2. The lowest BCUT2D eigenvalue weighted by Crippen LogP contribution is -2.55. The van der Waals surface area contributed by atoms with Crippen molar-refractivity contribution in [3.8, 4) is 0 Å². The van der Waals surface area contributed by atoms with Gasteiger partial charge < -0.3 is 14.4 Å². The van der Waals surface area contributed by atoms with E-state index in [1.165, 1.54) is 12.8 Å². The predicted octanol–water partition coefficient (Wildman–Crippen LogP) is 1.96. The van der Waals surface area contributed by atoms with Crippen molar-refractivity contribution in [1.82, 2.24) is 9.80 Å². The summed E-state index contributed by atoms with van der Waals surface area (Å²) in [6.07, 6.45) is 2.45. The number of amides is 1. The summed E-state index contributed by atoms with van der Waals surface area (Å²) in [6, 6.07) is 0.751. The lowest BCUT2D eigenvalue weighted by atomic mass is 10.00. The Morgan fingerprint density at radius 1 is 1.30 bits per heavy atom. The average Bonchev–Trinajstić information content (AvgIpc) is 3.07. The highest BCUT2D eigenvalue weighted by atomic mass is 16.6. The summed E-state index contributed by atoms with van der Waals surface area (Å²) in [5.41, 5.74) is -0.402. The molecule has 0 aromatic heterocycles. The normalized spacial score (nSPS) is 20.1. The average molecular weight is 284 g/mol. The molecule has 0 spiro atoms. The van der Waals surface area contributed by atoms with Crippen LogP contribution in [0.4, 0.5) is 4.79 Å². The maximum absolute atomic E-state index is 11.9. The van der Waals surface area contributed by atoms with Gasteiger partial charge in [0, 0.05) is 45.2 Å². The molecule has 0 atom stereocenters. The third-order valence-electron chi connectivity index (χ3n) is 3.75. The highest BCUT2D eigenvalue weighted by Crippen LogP contribution is 2.29. The molecule has 1 heterocycles. The third kappa shape index (κ3) is 4.63. The summed E-state index contributed by atoms with van der Waals surface area (Å²) in [7, 11) is 1.75. The molecule has 0 radical (unpaired) electrons. The molecule has 0 aromatic rings. The van der Waals surface area contributed by atoms with Crippen molar-refractivity contribution in [2.45, 2.75) is 45.3 Å². The SMILES string of the molecule is COCCN(CC1CN(C(=O)OC(C)(C)C)C1)C1CC1. The third-order valence-corrected chi connectivity index (χ3v) is 3.75. The number of carbonyl (C=O) groups is 1. The van der Waals surface area contributed by atoms with E-state index in [0.29, 0.717) is 5.92 Å². The number of hydrogen-bond donors (Lipinski definition) is 0. The van der Waals surface area contributed by atoms with Crippen molar-refractivity contribution in [3.63, 3.8) is 0 Å². The van der Waals surface area contributed by atoms with Crippen LogP contribution in [0.25, 0.3) is 0 Å². The number of carbonyl (C=O) groups excluding carboxylic acids is 1.